The number of thiazole rings is 1. The molecule has 4 nitrogen and oxygen atoms in total. The number of hydrogen-bond donors (Lipinski definition) is 1. The second-order valence-electron chi connectivity index (χ2n) is 6.42. The van der Waals surface area contributed by atoms with Crippen LogP contribution < -0.4 is 0 Å². The molecular formula is C17H20N2O2S2. The topological polar surface area (TPSA) is 53.4 Å². The number of hydrogen-bond acceptors (Lipinski definition) is 5. The first-order valence-corrected chi connectivity index (χ1v) is 10.1. The fourth-order valence-corrected chi connectivity index (χ4v) is 5.78. The molecule has 2 aromatic rings. The minimum Gasteiger partial charge on any atom is -0.379 e. The summed E-state index contributed by atoms with van der Waals surface area (Å²) in [6.07, 6.45) is 2.47. The number of carbonyl (C=O) groups is 1. The first kappa shape index (κ1) is 15.4. The normalized spacial score (nSPS) is 26.0. The van der Waals surface area contributed by atoms with E-state index in [1.165, 1.54) is 9.71 Å². The molecule has 2 aliphatic rings. The zero-order valence-corrected chi connectivity index (χ0v) is 14.5. The Balaban J connectivity index is 1.43. The third kappa shape index (κ3) is 2.88. The quantitative estimate of drug-likeness (QED) is 0.907. The van der Waals surface area contributed by atoms with Gasteiger partial charge in [-0.1, -0.05) is 12.1 Å². The van der Waals surface area contributed by atoms with Crippen LogP contribution in [-0.4, -0.2) is 51.1 Å². The molecular weight excluding hydrogens is 328 g/mol. The van der Waals surface area contributed by atoms with E-state index in [4.69, 9.17) is 4.98 Å². The Bertz CT molecular complexity index is 683. The average molecular weight is 348 g/mol. The zero-order chi connectivity index (χ0) is 15.9. The zero-order valence-electron chi connectivity index (χ0n) is 12.9. The molecule has 4 rings (SSSR count). The molecule has 2 saturated heterocycles. The Morgan fingerprint density at radius 1 is 1.30 bits per heavy atom. The molecule has 2 aliphatic heterocycles. The predicted octanol–water partition coefficient (Wildman–Crippen LogP) is 2.87. The van der Waals surface area contributed by atoms with Crippen LogP contribution in [0, 0.1) is 0 Å². The molecule has 0 bridgehead atoms. The van der Waals surface area contributed by atoms with Gasteiger partial charge in [-0.05, 0) is 37.1 Å². The minimum atomic E-state index is -1.12. The molecule has 23 heavy (non-hydrogen) atoms. The molecule has 3 heterocycles. The molecule has 122 valence electrons. The third-order valence-electron chi connectivity index (χ3n) is 4.84. The van der Waals surface area contributed by atoms with Crippen molar-refractivity contribution < 1.29 is 9.90 Å². The van der Waals surface area contributed by atoms with E-state index >= 15 is 0 Å². The van der Waals surface area contributed by atoms with Crippen molar-refractivity contribution in [2.45, 2.75) is 30.8 Å². The van der Waals surface area contributed by atoms with E-state index in [0.717, 1.165) is 37.2 Å². The van der Waals surface area contributed by atoms with E-state index in [1.807, 2.05) is 17.0 Å². The summed E-state index contributed by atoms with van der Waals surface area (Å²) >= 11 is 3.44. The number of benzene rings is 1. The van der Waals surface area contributed by atoms with Gasteiger partial charge in [-0.3, -0.25) is 4.79 Å². The maximum absolute atomic E-state index is 12.6. The fraction of sp³-hybridized carbons (Fsp3) is 0.529. The second-order valence-corrected chi connectivity index (χ2v) is 8.59. The van der Waals surface area contributed by atoms with E-state index in [0.29, 0.717) is 18.1 Å². The van der Waals surface area contributed by atoms with Crippen molar-refractivity contribution in [3.8, 4) is 0 Å². The molecule has 0 aliphatic carbocycles. The first-order valence-electron chi connectivity index (χ1n) is 8.11. The molecule has 1 aromatic carbocycles. The lowest BCUT2D eigenvalue weighted by Crippen LogP contribution is -2.51. The van der Waals surface area contributed by atoms with E-state index in [1.54, 1.807) is 23.1 Å². The Hall–Kier alpha value is -1.11. The van der Waals surface area contributed by atoms with Crippen LogP contribution >= 0.6 is 23.1 Å². The van der Waals surface area contributed by atoms with Gasteiger partial charge in [0.25, 0.3) is 5.91 Å². The molecule has 6 heteroatoms. The standard InChI is InChI=1S/C17H20N2O2S2/c20-16(17(21)7-10-22-11-17)19-8-5-12(6-9-19)15-18-13-3-1-2-4-14(13)23-15/h1-4,12,21H,5-11H2. The van der Waals surface area contributed by atoms with Crippen LogP contribution in [0.1, 0.15) is 30.2 Å². The van der Waals surface area contributed by atoms with E-state index in [2.05, 4.69) is 12.1 Å². The molecule has 1 N–H and O–H groups in total. The summed E-state index contributed by atoms with van der Waals surface area (Å²) in [5.41, 5.74) is -0.0452. The van der Waals surface area contributed by atoms with Gasteiger partial charge in [0.1, 0.15) is 0 Å². The highest BCUT2D eigenvalue weighted by molar-refractivity contribution is 7.99. The van der Waals surface area contributed by atoms with Crippen molar-refractivity contribution in [1.29, 1.82) is 0 Å². The van der Waals surface area contributed by atoms with Crippen molar-refractivity contribution in [3.63, 3.8) is 0 Å². The van der Waals surface area contributed by atoms with Gasteiger partial charge in [-0.2, -0.15) is 11.8 Å². The Kier molecular flexibility index (Phi) is 4.07. The molecule has 0 saturated carbocycles. The van der Waals surface area contributed by atoms with Crippen molar-refractivity contribution in [2.75, 3.05) is 24.6 Å². The third-order valence-corrected chi connectivity index (χ3v) is 7.21. The van der Waals surface area contributed by atoms with Crippen molar-refractivity contribution in [1.82, 2.24) is 9.88 Å². The van der Waals surface area contributed by atoms with Gasteiger partial charge >= 0.3 is 0 Å². The minimum absolute atomic E-state index is 0.0646. The van der Waals surface area contributed by atoms with E-state index in [-0.39, 0.29) is 5.91 Å². The van der Waals surface area contributed by atoms with Gasteiger partial charge in [0.15, 0.2) is 5.60 Å². The molecule has 1 aromatic heterocycles. The molecule has 0 spiro atoms. The predicted molar refractivity (Wildman–Crippen MR) is 95.1 cm³/mol. The number of aromatic nitrogens is 1. The summed E-state index contributed by atoms with van der Waals surface area (Å²) in [5, 5.41) is 11.7. The van der Waals surface area contributed by atoms with Gasteiger partial charge in [-0.15, -0.1) is 11.3 Å². The lowest BCUT2D eigenvalue weighted by atomic mass is 9.94. The second kappa shape index (κ2) is 6.07. The summed E-state index contributed by atoms with van der Waals surface area (Å²) in [6.45, 7) is 1.46. The van der Waals surface area contributed by atoms with E-state index in [9.17, 15) is 9.90 Å². The number of rotatable bonds is 2. The van der Waals surface area contributed by atoms with Crippen molar-refractivity contribution in [3.05, 3.63) is 29.3 Å². The number of amides is 1. The van der Waals surface area contributed by atoms with Crippen LogP contribution in [0.2, 0.25) is 0 Å². The first-order chi connectivity index (χ1) is 11.2. The molecule has 0 radical (unpaired) electrons. The number of thioether (sulfide) groups is 1. The number of carbonyl (C=O) groups excluding carboxylic acids is 1. The summed E-state index contributed by atoms with van der Waals surface area (Å²) in [7, 11) is 0. The highest BCUT2D eigenvalue weighted by Crippen LogP contribution is 2.35. The summed E-state index contributed by atoms with van der Waals surface area (Å²) in [4.78, 5) is 19.2. The van der Waals surface area contributed by atoms with Gasteiger partial charge in [-0.25, -0.2) is 4.98 Å². The Morgan fingerprint density at radius 3 is 2.78 bits per heavy atom. The number of nitrogens with zero attached hydrogens (tertiary/aromatic N) is 2. The number of fused-ring (bicyclic) bond motifs is 1. The largest absolute Gasteiger partial charge is 0.379 e. The molecule has 1 amide bonds. The van der Waals surface area contributed by atoms with Crippen molar-refractivity contribution in [2.24, 2.45) is 0 Å². The average Bonchev–Trinajstić information content (AvgIpc) is 3.21. The lowest BCUT2D eigenvalue weighted by Gasteiger charge is -2.35. The highest BCUT2D eigenvalue weighted by atomic mass is 32.2. The van der Waals surface area contributed by atoms with Crippen LogP contribution in [0.3, 0.4) is 0 Å². The fourth-order valence-electron chi connectivity index (χ4n) is 3.41. The maximum atomic E-state index is 12.6. The van der Waals surface area contributed by atoms with Crippen LogP contribution in [0.4, 0.5) is 0 Å². The highest BCUT2D eigenvalue weighted by Gasteiger charge is 2.43. The van der Waals surface area contributed by atoms with Gasteiger partial charge in [0, 0.05) is 24.8 Å². The van der Waals surface area contributed by atoms with Crippen molar-refractivity contribution >= 4 is 39.2 Å². The maximum Gasteiger partial charge on any atom is 0.255 e. The van der Waals surface area contributed by atoms with Crippen LogP contribution in [0.25, 0.3) is 10.2 Å². The number of piperidine rings is 1. The van der Waals surface area contributed by atoms with Gasteiger partial charge in [0.05, 0.1) is 15.2 Å². The summed E-state index contributed by atoms with van der Waals surface area (Å²) < 4.78 is 1.23. The SMILES string of the molecule is O=C(N1CCC(c2nc3ccccc3s2)CC1)C1(O)CCSC1. The van der Waals surface area contributed by atoms with E-state index < -0.39 is 5.60 Å². The Labute approximate surface area is 143 Å². The summed E-state index contributed by atoms with van der Waals surface area (Å²) in [5.74, 6) is 1.79. The summed E-state index contributed by atoms with van der Waals surface area (Å²) in [6, 6.07) is 8.24. The van der Waals surface area contributed by atoms with Crippen LogP contribution in [0.5, 0.6) is 0 Å². The van der Waals surface area contributed by atoms with Crippen LogP contribution in [0.15, 0.2) is 24.3 Å². The monoisotopic (exact) mass is 348 g/mol. The molecule has 2 fully saturated rings. The number of likely N-dealkylation sites (tertiary alicyclic amines) is 1. The number of para-hydroxylation sites is 1. The lowest BCUT2D eigenvalue weighted by molar-refractivity contribution is -0.149. The smallest absolute Gasteiger partial charge is 0.255 e. The van der Waals surface area contributed by atoms with Gasteiger partial charge in [0.2, 0.25) is 0 Å². The van der Waals surface area contributed by atoms with Crippen LogP contribution in [-0.2, 0) is 4.79 Å². The molecule has 1 atom stereocenters. The Morgan fingerprint density at radius 2 is 2.09 bits per heavy atom. The molecule has 1 unspecified atom stereocenters. The number of aliphatic hydroxyl groups is 1. The van der Waals surface area contributed by atoms with Gasteiger partial charge < -0.3 is 10.0 Å².